The first-order valence-corrected chi connectivity index (χ1v) is 7.88. The van der Waals surface area contributed by atoms with Gasteiger partial charge in [-0.05, 0) is 25.3 Å². The lowest BCUT2D eigenvalue weighted by atomic mass is 10.0. The molecule has 0 bridgehead atoms. The fourth-order valence-electron chi connectivity index (χ4n) is 2.67. The number of rotatable bonds is 6. The van der Waals surface area contributed by atoms with Crippen molar-refractivity contribution in [2.45, 2.75) is 57.3 Å². The van der Waals surface area contributed by atoms with Gasteiger partial charge in [0.05, 0.1) is 18.1 Å². The molecule has 0 spiro atoms. The number of alkyl halides is 3. The van der Waals surface area contributed by atoms with E-state index in [1.807, 2.05) is 30.3 Å². The van der Waals surface area contributed by atoms with Crippen LogP contribution in [0, 0.1) is 5.92 Å². The van der Waals surface area contributed by atoms with E-state index in [9.17, 15) is 18.0 Å². The summed E-state index contributed by atoms with van der Waals surface area (Å²) in [5, 5.41) is 9.09. The molecule has 0 saturated carbocycles. The first-order valence-electron chi connectivity index (χ1n) is 7.88. The fraction of sp³-hybridized carbons (Fsp3) is 0.588. The van der Waals surface area contributed by atoms with E-state index < -0.39 is 42.8 Å². The van der Waals surface area contributed by atoms with Crippen LogP contribution in [0.4, 0.5) is 13.2 Å². The van der Waals surface area contributed by atoms with E-state index >= 15 is 0 Å². The van der Waals surface area contributed by atoms with Crippen molar-refractivity contribution >= 4 is 5.97 Å². The van der Waals surface area contributed by atoms with Crippen LogP contribution in [0.15, 0.2) is 30.3 Å². The molecule has 1 aromatic rings. The average Bonchev–Trinajstić information content (AvgIpc) is 3.00. The largest absolute Gasteiger partial charge is 0.461 e. The van der Waals surface area contributed by atoms with Gasteiger partial charge in [0, 0.05) is 6.42 Å². The Bertz CT molecular complexity index is 532. The van der Waals surface area contributed by atoms with E-state index in [4.69, 9.17) is 14.6 Å². The number of ether oxygens (including phenoxy) is 2. The number of hydrogen-bond acceptors (Lipinski definition) is 4. The highest BCUT2D eigenvalue weighted by molar-refractivity contribution is 5.72. The predicted molar refractivity (Wildman–Crippen MR) is 80.0 cm³/mol. The van der Waals surface area contributed by atoms with Gasteiger partial charge in [0.1, 0.15) is 6.61 Å². The molecule has 0 radical (unpaired) electrons. The van der Waals surface area contributed by atoms with Gasteiger partial charge in [-0.3, -0.25) is 4.79 Å². The van der Waals surface area contributed by atoms with Crippen LogP contribution in [-0.4, -0.2) is 35.6 Å². The molecule has 0 amide bonds. The second-order valence-corrected chi connectivity index (χ2v) is 6.05. The molecule has 0 aromatic heterocycles. The first-order chi connectivity index (χ1) is 11.3. The number of aliphatic hydroxyl groups excluding tert-OH is 1. The molecule has 1 fully saturated rings. The number of esters is 1. The quantitative estimate of drug-likeness (QED) is 0.804. The molecule has 2 rings (SSSR count). The molecule has 1 heterocycles. The summed E-state index contributed by atoms with van der Waals surface area (Å²) in [6.45, 7) is 1.79. The number of carbonyl (C=O) groups excluding carboxylic acids is 1. The summed E-state index contributed by atoms with van der Waals surface area (Å²) in [7, 11) is 0. The van der Waals surface area contributed by atoms with Crippen molar-refractivity contribution in [2.24, 2.45) is 5.92 Å². The highest BCUT2D eigenvalue weighted by atomic mass is 19.4. The normalized spacial score (nSPS) is 23.7. The summed E-state index contributed by atoms with van der Waals surface area (Å²) in [6.07, 6.45) is -7.89. The minimum atomic E-state index is -4.65. The Labute approximate surface area is 138 Å². The standard InChI is InChI=1S/C17H21F3O4/c1-11(16(22)23-10-12-5-3-2-4-6-12)14-8-7-13(24-14)9-15(21)17(18,19)20/h2-6,11,13-15,21H,7-10H2,1H3/t11-,13+,14-,15?/m0/s1. The van der Waals surface area contributed by atoms with Crippen LogP contribution in [0.25, 0.3) is 0 Å². The van der Waals surface area contributed by atoms with Crippen LogP contribution in [-0.2, 0) is 20.9 Å². The number of hydrogen-bond donors (Lipinski definition) is 1. The van der Waals surface area contributed by atoms with Crippen LogP contribution < -0.4 is 0 Å². The molecule has 1 aromatic carbocycles. The van der Waals surface area contributed by atoms with Crippen molar-refractivity contribution in [1.29, 1.82) is 0 Å². The highest BCUT2D eigenvalue weighted by Crippen LogP contribution is 2.32. The van der Waals surface area contributed by atoms with Gasteiger partial charge in [-0.15, -0.1) is 0 Å². The van der Waals surface area contributed by atoms with Gasteiger partial charge >= 0.3 is 12.1 Å². The van der Waals surface area contributed by atoms with Gasteiger partial charge in [0.2, 0.25) is 0 Å². The Kier molecular flexibility index (Phi) is 6.23. The van der Waals surface area contributed by atoms with E-state index in [1.54, 1.807) is 6.92 Å². The highest BCUT2D eigenvalue weighted by Gasteiger charge is 2.42. The Balaban J connectivity index is 1.78. The van der Waals surface area contributed by atoms with Gasteiger partial charge in [0.15, 0.2) is 6.10 Å². The number of benzene rings is 1. The van der Waals surface area contributed by atoms with Crippen molar-refractivity contribution in [3.8, 4) is 0 Å². The van der Waals surface area contributed by atoms with E-state index in [0.29, 0.717) is 12.8 Å². The van der Waals surface area contributed by atoms with E-state index in [2.05, 4.69) is 0 Å². The molecule has 1 saturated heterocycles. The molecule has 1 aliphatic heterocycles. The lowest BCUT2D eigenvalue weighted by molar-refractivity contribution is -0.212. The molecular formula is C17H21F3O4. The molecule has 1 aliphatic rings. The Morgan fingerprint density at radius 1 is 1.33 bits per heavy atom. The molecule has 24 heavy (non-hydrogen) atoms. The molecule has 4 nitrogen and oxygen atoms in total. The molecule has 0 aliphatic carbocycles. The van der Waals surface area contributed by atoms with Crippen LogP contribution in [0.1, 0.15) is 31.7 Å². The fourth-order valence-corrected chi connectivity index (χ4v) is 2.67. The van der Waals surface area contributed by atoms with Gasteiger partial charge < -0.3 is 14.6 Å². The third-order valence-corrected chi connectivity index (χ3v) is 4.16. The number of carbonyl (C=O) groups is 1. The SMILES string of the molecule is C[C@H](C(=O)OCc1ccccc1)[C@@H]1CC[C@H](CC(O)C(F)(F)F)O1. The van der Waals surface area contributed by atoms with E-state index in [-0.39, 0.29) is 6.61 Å². The van der Waals surface area contributed by atoms with Gasteiger partial charge in [-0.25, -0.2) is 0 Å². The van der Waals surface area contributed by atoms with Crippen molar-refractivity contribution < 1.29 is 32.5 Å². The van der Waals surface area contributed by atoms with Gasteiger partial charge in [-0.1, -0.05) is 30.3 Å². The van der Waals surface area contributed by atoms with Crippen molar-refractivity contribution in [2.75, 3.05) is 0 Å². The van der Waals surface area contributed by atoms with Crippen LogP contribution >= 0.6 is 0 Å². The summed E-state index contributed by atoms with van der Waals surface area (Å²) >= 11 is 0. The second-order valence-electron chi connectivity index (χ2n) is 6.05. The Morgan fingerprint density at radius 3 is 2.62 bits per heavy atom. The predicted octanol–water partition coefficient (Wildman–Crippen LogP) is 3.23. The smallest absolute Gasteiger partial charge is 0.414 e. The van der Waals surface area contributed by atoms with Crippen LogP contribution in [0.5, 0.6) is 0 Å². The lowest BCUT2D eigenvalue weighted by Crippen LogP contribution is -2.33. The minimum Gasteiger partial charge on any atom is -0.461 e. The maximum absolute atomic E-state index is 12.4. The molecular weight excluding hydrogens is 325 g/mol. The first kappa shape index (κ1) is 18.7. The van der Waals surface area contributed by atoms with Gasteiger partial charge in [0.25, 0.3) is 0 Å². The van der Waals surface area contributed by atoms with E-state index in [0.717, 1.165) is 5.56 Å². The number of halogens is 3. The van der Waals surface area contributed by atoms with Crippen molar-refractivity contribution in [1.82, 2.24) is 0 Å². The van der Waals surface area contributed by atoms with Crippen LogP contribution in [0.2, 0.25) is 0 Å². The zero-order valence-corrected chi connectivity index (χ0v) is 13.3. The lowest BCUT2D eigenvalue weighted by Gasteiger charge is -2.21. The van der Waals surface area contributed by atoms with E-state index in [1.165, 1.54) is 0 Å². The number of aliphatic hydroxyl groups is 1. The Hall–Kier alpha value is -1.60. The zero-order valence-electron chi connectivity index (χ0n) is 13.3. The van der Waals surface area contributed by atoms with Gasteiger partial charge in [-0.2, -0.15) is 13.2 Å². The van der Waals surface area contributed by atoms with Crippen molar-refractivity contribution in [3.63, 3.8) is 0 Å². The average molecular weight is 346 g/mol. The molecule has 1 N–H and O–H groups in total. The summed E-state index contributed by atoms with van der Waals surface area (Å²) < 4.78 is 47.8. The maximum Gasteiger partial charge on any atom is 0.414 e. The summed E-state index contributed by atoms with van der Waals surface area (Å²) in [5.74, 6) is -1.01. The second kappa shape index (κ2) is 7.98. The molecule has 134 valence electrons. The molecule has 4 atom stereocenters. The Morgan fingerprint density at radius 2 is 2.00 bits per heavy atom. The third kappa shape index (κ3) is 5.21. The summed E-state index contributed by atoms with van der Waals surface area (Å²) in [4.78, 5) is 12.1. The monoisotopic (exact) mass is 346 g/mol. The van der Waals surface area contributed by atoms with Crippen LogP contribution in [0.3, 0.4) is 0 Å². The zero-order chi connectivity index (χ0) is 17.7. The van der Waals surface area contributed by atoms with Crippen molar-refractivity contribution in [3.05, 3.63) is 35.9 Å². The molecule has 7 heteroatoms. The minimum absolute atomic E-state index is 0.146. The summed E-state index contributed by atoms with van der Waals surface area (Å²) in [5.41, 5.74) is 0.858. The summed E-state index contributed by atoms with van der Waals surface area (Å²) in [6, 6.07) is 9.19. The third-order valence-electron chi connectivity index (χ3n) is 4.16. The topological polar surface area (TPSA) is 55.8 Å². The molecule has 1 unspecified atom stereocenters. The maximum atomic E-state index is 12.4.